The van der Waals surface area contributed by atoms with Crippen LogP contribution in [0, 0.1) is 0 Å². The quantitative estimate of drug-likeness (QED) is 0.388. The summed E-state index contributed by atoms with van der Waals surface area (Å²) < 4.78 is 20.8. The first-order valence-electron chi connectivity index (χ1n) is 8.84. The molecule has 0 aliphatic heterocycles. The first-order valence-corrected chi connectivity index (χ1v) is 8.84. The van der Waals surface area contributed by atoms with Crippen LogP contribution in [0.2, 0.25) is 0 Å². The maximum absolute atomic E-state index is 10.8. The Bertz CT molecular complexity index is 468. The van der Waals surface area contributed by atoms with Gasteiger partial charge in [-0.05, 0) is 50.3 Å². The minimum absolute atomic E-state index is 0. The van der Waals surface area contributed by atoms with E-state index in [1.54, 1.807) is 0 Å². The van der Waals surface area contributed by atoms with Gasteiger partial charge in [-0.1, -0.05) is 12.1 Å². The smallest absolute Gasteiger partial charge is 0.331 e. The van der Waals surface area contributed by atoms with Crippen LogP contribution in [0.25, 0.3) is 0 Å². The van der Waals surface area contributed by atoms with Gasteiger partial charge in [-0.15, -0.1) is 12.4 Å². The van der Waals surface area contributed by atoms with Crippen molar-refractivity contribution in [1.29, 1.82) is 0 Å². The molecular weight excluding hydrogens is 358 g/mol. The number of benzene rings is 1. The molecule has 0 aliphatic rings. The molecule has 0 saturated heterocycles. The average molecular weight is 390 g/mol. The number of ether oxygens (including phenoxy) is 4. The van der Waals surface area contributed by atoms with Crippen molar-refractivity contribution in [3.8, 4) is 5.75 Å². The molecule has 0 bridgehead atoms. The molecular formula is C19H32ClNO5. The molecule has 1 aromatic carbocycles. The summed E-state index contributed by atoms with van der Waals surface area (Å²) in [7, 11) is 1.34. The van der Waals surface area contributed by atoms with E-state index in [0.717, 1.165) is 43.6 Å². The monoisotopic (exact) mass is 389 g/mol. The second-order valence-electron chi connectivity index (χ2n) is 5.86. The number of carbonyl (C=O) groups is 1. The fourth-order valence-corrected chi connectivity index (χ4v) is 2.12. The van der Waals surface area contributed by atoms with Crippen LogP contribution >= 0.6 is 12.4 Å². The Hall–Kier alpha value is -1.34. The number of unbranched alkanes of at least 4 members (excludes halogenated alkanes) is 2. The Morgan fingerprint density at radius 1 is 0.962 bits per heavy atom. The highest BCUT2D eigenvalue weighted by molar-refractivity contribution is 5.85. The molecule has 0 saturated carbocycles. The van der Waals surface area contributed by atoms with Crippen LogP contribution in [0.5, 0.6) is 5.75 Å². The number of esters is 1. The SMILES string of the molecule is COC(=O)COCCCOCCCCCOc1ccc([C@H](C)N)cc1.Cl. The fraction of sp³-hybridized carbons (Fsp3) is 0.632. The third-order valence-electron chi connectivity index (χ3n) is 3.63. The molecule has 1 aromatic rings. The van der Waals surface area contributed by atoms with Gasteiger partial charge in [0.1, 0.15) is 12.4 Å². The lowest BCUT2D eigenvalue weighted by Crippen LogP contribution is -2.11. The molecule has 6 nitrogen and oxygen atoms in total. The van der Waals surface area contributed by atoms with E-state index >= 15 is 0 Å². The second-order valence-corrected chi connectivity index (χ2v) is 5.86. The van der Waals surface area contributed by atoms with Gasteiger partial charge in [0.2, 0.25) is 0 Å². The number of halogens is 1. The average Bonchev–Trinajstić information content (AvgIpc) is 2.62. The van der Waals surface area contributed by atoms with E-state index in [0.29, 0.717) is 19.8 Å². The highest BCUT2D eigenvalue weighted by Crippen LogP contribution is 2.16. The molecule has 26 heavy (non-hydrogen) atoms. The molecule has 7 heteroatoms. The fourth-order valence-electron chi connectivity index (χ4n) is 2.12. The van der Waals surface area contributed by atoms with Crippen molar-refractivity contribution in [3.63, 3.8) is 0 Å². The molecule has 0 amide bonds. The van der Waals surface area contributed by atoms with Crippen molar-refractivity contribution in [2.75, 3.05) is 40.1 Å². The van der Waals surface area contributed by atoms with Gasteiger partial charge in [-0.3, -0.25) is 0 Å². The molecule has 0 aromatic heterocycles. The van der Waals surface area contributed by atoms with E-state index in [1.165, 1.54) is 7.11 Å². The van der Waals surface area contributed by atoms with Gasteiger partial charge in [0.25, 0.3) is 0 Å². The maximum Gasteiger partial charge on any atom is 0.331 e. The van der Waals surface area contributed by atoms with Gasteiger partial charge >= 0.3 is 5.97 Å². The second kappa shape index (κ2) is 15.9. The van der Waals surface area contributed by atoms with E-state index in [4.69, 9.17) is 19.9 Å². The van der Waals surface area contributed by atoms with Crippen molar-refractivity contribution < 1.29 is 23.7 Å². The van der Waals surface area contributed by atoms with Crippen molar-refractivity contribution in [2.45, 2.75) is 38.6 Å². The summed E-state index contributed by atoms with van der Waals surface area (Å²) >= 11 is 0. The molecule has 1 rings (SSSR count). The first kappa shape index (κ1) is 24.7. The minimum Gasteiger partial charge on any atom is -0.494 e. The predicted octanol–water partition coefficient (Wildman–Crippen LogP) is 3.27. The third-order valence-corrected chi connectivity index (χ3v) is 3.63. The highest BCUT2D eigenvalue weighted by Gasteiger charge is 2.00. The summed E-state index contributed by atoms with van der Waals surface area (Å²) in [6.45, 7) is 4.56. The molecule has 0 spiro atoms. The van der Waals surface area contributed by atoms with Gasteiger partial charge in [-0.2, -0.15) is 0 Å². The number of hydrogen-bond acceptors (Lipinski definition) is 6. The Morgan fingerprint density at radius 3 is 2.23 bits per heavy atom. The summed E-state index contributed by atoms with van der Waals surface area (Å²) in [5.74, 6) is 0.528. The Kier molecular flexibility index (Phi) is 15.1. The number of rotatable bonds is 14. The first-order chi connectivity index (χ1) is 12.1. The molecule has 0 unspecified atom stereocenters. The van der Waals surface area contributed by atoms with Crippen molar-refractivity contribution in [2.24, 2.45) is 5.73 Å². The van der Waals surface area contributed by atoms with E-state index in [-0.39, 0.29) is 31.0 Å². The normalized spacial score (nSPS) is 11.5. The maximum atomic E-state index is 10.8. The van der Waals surface area contributed by atoms with E-state index in [9.17, 15) is 4.79 Å². The van der Waals surface area contributed by atoms with E-state index in [1.807, 2.05) is 31.2 Å². The van der Waals surface area contributed by atoms with Gasteiger partial charge in [0.15, 0.2) is 0 Å². The summed E-state index contributed by atoms with van der Waals surface area (Å²) in [4.78, 5) is 10.8. The van der Waals surface area contributed by atoms with Crippen LogP contribution in [0.4, 0.5) is 0 Å². The zero-order chi connectivity index (χ0) is 18.3. The van der Waals surface area contributed by atoms with Gasteiger partial charge in [-0.25, -0.2) is 4.79 Å². The predicted molar refractivity (Wildman–Crippen MR) is 104 cm³/mol. The molecule has 1 atom stereocenters. The highest BCUT2D eigenvalue weighted by atomic mass is 35.5. The molecule has 0 radical (unpaired) electrons. The lowest BCUT2D eigenvalue weighted by atomic mass is 10.1. The lowest BCUT2D eigenvalue weighted by Gasteiger charge is -2.09. The van der Waals surface area contributed by atoms with Crippen LogP contribution in [-0.4, -0.2) is 46.1 Å². The molecule has 0 fully saturated rings. The Balaban J connectivity index is 0.00000625. The zero-order valence-corrected chi connectivity index (χ0v) is 16.6. The number of hydrogen-bond donors (Lipinski definition) is 1. The standard InChI is InChI=1S/C19H31NO5.ClH/c1-16(20)17-7-9-18(10-8-17)25-14-5-3-4-11-23-12-6-13-24-15-19(21)22-2;/h7-10,16H,3-6,11-15,20H2,1-2H3;1H/t16-;/m0./s1. The van der Waals surface area contributed by atoms with Crippen LogP contribution in [0.1, 0.15) is 44.2 Å². The third kappa shape index (κ3) is 12.1. The van der Waals surface area contributed by atoms with Crippen LogP contribution in [0.3, 0.4) is 0 Å². The van der Waals surface area contributed by atoms with Crippen molar-refractivity contribution >= 4 is 18.4 Å². The number of methoxy groups -OCH3 is 1. The minimum atomic E-state index is -0.354. The summed E-state index contributed by atoms with van der Waals surface area (Å²) in [6, 6.07) is 7.98. The van der Waals surface area contributed by atoms with Crippen LogP contribution in [0.15, 0.2) is 24.3 Å². The van der Waals surface area contributed by atoms with Gasteiger partial charge in [0.05, 0.1) is 13.7 Å². The Labute approximate surface area is 162 Å². The number of nitrogens with two attached hydrogens (primary N) is 1. The lowest BCUT2D eigenvalue weighted by molar-refractivity contribution is -0.146. The summed E-state index contributed by atoms with van der Waals surface area (Å²) in [5.41, 5.74) is 6.93. The molecule has 0 heterocycles. The van der Waals surface area contributed by atoms with Crippen LogP contribution in [-0.2, 0) is 19.0 Å². The number of carbonyl (C=O) groups excluding carboxylic acids is 1. The zero-order valence-electron chi connectivity index (χ0n) is 15.8. The van der Waals surface area contributed by atoms with Crippen molar-refractivity contribution in [1.82, 2.24) is 0 Å². The molecule has 0 aliphatic carbocycles. The van der Waals surface area contributed by atoms with E-state index < -0.39 is 0 Å². The van der Waals surface area contributed by atoms with Gasteiger partial charge < -0.3 is 24.7 Å². The van der Waals surface area contributed by atoms with Crippen LogP contribution < -0.4 is 10.5 Å². The van der Waals surface area contributed by atoms with Crippen molar-refractivity contribution in [3.05, 3.63) is 29.8 Å². The summed E-state index contributed by atoms with van der Waals surface area (Å²) in [5, 5.41) is 0. The molecule has 150 valence electrons. The van der Waals surface area contributed by atoms with Gasteiger partial charge in [0, 0.05) is 25.9 Å². The summed E-state index contributed by atoms with van der Waals surface area (Å²) in [6.07, 6.45) is 3.85. The van der Waals surface area contributed by atoms with E-state index in [2.05, 4.69) is 4.74 Å². The topological polar surface area (TPSA) is 80.0 Å². The molecule has 2 N–H and O–H groups in total. The Morgan fingerprint density at radius 2 is 1.58 bits per heavy atom. The largest absolute Gasteiger partial charge is 0.494 e.